The zero-order valence-electron chi connectivity index (χ0n) is 10.9. The topological polar surface area (TPSA) is 42.4 Å². The monoisotopic (exact) mass is 280 g/mol. The fraction of sp³-hybridized carbons (Fsp3) is 0.571. The van der Waals surface area contributed by atoms with E-state index in [-0.39, 0.29) is 18.1 Å². The summed E-state index contributed by atoms with van der Waals surface area (Å²) in [6.45, 7) is 3.14. The Bertz CT molecular complexity index is 486. The molecule has 5 heteroatoms. The van der Waals surface area contributed by atoms with E-state index >= 15 is 0 Å². The first-order valence-electron chi connectivity index (χ1n) is 6.72. The van der Waals surface area contributed by atoms with E-state index in [1.165, 1.54) is 0 Å². The van der Waals surface area contributed by atoms with Gasteiger partial charge in [-0.15, -0.1) is 0 Å². The van der Waals surface area contributed by atoms with Gasteiger partial charge in [-0.2, -0.15) is 0 Å². The minimum absolute atomic E-state index is 0.0487. The van der Waals surface area contributed by atoms with Gasteiger partial charge in [-0.25, -0.2) is 4.98 Å². The van der Waals surface area contributed by atoms with Crippen molar-refractivity contribution in [3.8, 4) is 0 Å². The van der Waals surface area contributed by atoms with Crippen LogP contribution in [0.2, 0.25) is 5.15 Å². The van der Waals surface area contributed by atoms with Gasteiger partial charge in [-0.1, -0.05) is 11.6 Å². The zero-order valence-corrected chi connectivity index (χ0v) is 11.7. The average Bonchev–Trinajstić information content (AvgIpc) is 2.84. The third-order valence-corrected chi connectivity index (χ3v) is 4.11. The van der Waals surface area contributed by atoms with Gasteiger partial charge in [0, 0.05) is 17.8 Å². The molecule has 1 amide bonds. The van der Waals surface area contributed by atoms with Crippen molar-refractivity contribution in [2.24, 2.45) is 0 Å². The highest BCUT2D eigenvalue weighted by Gasteiger charge is 2.38. The van der Waals surface area contributed by atoms with Crippen molar-refractivity contribution in [3.05, 3.63) is 28.5 Å². The summed E-state index contributed by atoms with van der Waals surface area (Å²) in [5, 5.41) is 0.375. The summed E-state index contributed by atoms with van der Waals surface area (Å²) in [5.74, 6) is 0.0487. The van der Waals surface area contributed by atoms with Crippen LogP contribution in [0.1, 0.15) is 35.3 Å². The van der Waals surface area contributed by atoms with Gasteiger partial charge in [0.1, 0.15) is 5.15 Å². The van der Waals surface area contributed by atoms with Gasteiger partial charge in [-0.3, -0.25) is 4.79 Å². The average molecular weight is 281 g/mol. The number of pyridine rings is 1. The summed E-state index contributed by atoms with van der Waals surface area (Å²) in [4.78, 5) is 18.7. The number of aryl methyl sites for hydroxylation is 1. The molecular weight excluding hydrogens is 264 g/mol. The molecule has 1 aromatic heterocycles. The molecular formula is C14H17ClN2O2. The SMILES string of the molecule is Cc1cc(C(=O)N2CCOC3CCCC32)cc(Cl)n1. The smallest absolute Gasteiger partial charge is 0.254 e. The maximum atomic E-state index is 12.6. The number of amides is 1. The van der Waals surface area contributed by atoms with Crippen LogP contribution in [0.3, 0.4) is 0 Å². The van der Waals surface area contributed by atoms with Crippen molar-refractivity contribution in [2.75, 3.05) is 13.2 Å². The molecule has 1 aliphatic heterocycles. The van der Waals surface area contributed by atoms with Crippen molar-refractivity contribution in [3.63, 3.8) is 0 Å². The highest BCUT2D eigenvalue weighted by molar-refractivity contribution is 6.29. The molecule has 0 bridgehead atoms. The maximum absolute atomic E-state index is 12.6. The normalized spacial score (nSPS) is 26.3. The number of carbonyl (C=O) groups is 1. The lowest BCUT2D eigenvalue weighted by Gasteiger charge is -2.37. The summed E-state index contributed by atoms with van der Waals surface area (Å²) < 4.78 is 5.73. The number of nitrogens with zero attached hydrogens (tertiary/aromatic N) is 2. The van der Waals surface area contributed by atoms with E-state index in [1.54, 1.807) is 12.1 Å². The molecule has 1 saturated heterocycles. The lowest BCUT2D eigenvalue weighted by Crippen LogP contribution is -2.51. The minimum atomic E-state index is 0.0487. The van der Waals surface area contributed by atoms with Crippen LogP contribution in [0, 0.1) is 6.92 Å². The predicted molar refractivity (Wildman–Crippen MR) is 72.4 cm³/mol. The summed E-state index contributed by atoms with van der Waals surface area (Å²) in [6.07, 6.45) is 3.45. The standard InChI is InChI=1S/C14H17ClN2O2/c1-9-7-10(8-13(15)16-9)14(18)17-5-6-19-12-4-2-3-11(12)17/h7-8,11-12H,2-6H2,1H3. The van der Waals surface area contributed by atoms with E-state index in [0.717, 1.165) is 25.0 Å². The van der Waals surface area contributed by atoms with Crippen LogP contribution in [0.4, 0.5) is 0 Å². The van der Waals surface area contributed by atoms with Crippen molar-refractivity contribution >= 4 is 17.5 Å². The number of halogens is 1. The molecule has 2 atom stereocenters. The molecule has 2 fully saturated rings. The molecule has 19 heavy (non-hydrogen) atoms. The largest absolute Gasteiger partial charge is 0.374 e. The van der Waals surface area contributed by atoms with Crippen LogP contribution in [-0.4, -0.2) is 41.1 Å². The van der Waals surface area contributed by atoms with Crippen molar-refractivity contribution < 1.29 is 9.53 Å². The summed E-state index contributed by atoms with van der Waals surface area (Å²) >= 11 is 5.94. The number of morpholine rings is 1. The molecule has 2 unspecified atom stereocenters. The fourth-order valence-electron chi connectivity index (χ4n) is 3.10. The molecule has 1 aliphatic carbocycles. The van der Waals surface area contributed by atoms with E-state index in [4.69, 9.17) is 16.3 Å². The number of carbonyl (C=O) groups excluding carboxylic acids is 1. The second-order valence-corrected chi connectivity index (χ2v) is 5.61. The van der Waals surface area contributed by atoms with Gasteiger partial charge < -0.3 is 9.64 Å². The number of rotatable bonds is 1. The molecule has 0 N–H and O–H groups in total. The quantitative estimate of drug-likeness (QED) is 0.742. The molecule has 102 valence electrons. The molecule has 1 aromatic rings. The van der Waals surface area contributed by atoms with Crippen LogP contribution >= 0.6 is 11.6 Å². The van der Waals surface area contributed by atoms with Crippen LogP contribution in [-0.2, 0) is 4.74 Å². The lowest BCUT2D eigenvalue weighted by molar-refractivity contribution is -0.0445. The molecule has 3 rings (SSSR count). The molecule has 4 nitrogen and oxygen atoms in total. The van der Waals surface area contributed by atoms with E-state index in [2.05, 4.69) is 4.98 Å². The molecule has 2 aliphatic rings. The Morgan fingerprint density at radius 2 is 2.32 bits per heavy atom. The second kappa shape index (κ2) is 5.10. The molecule has 2 heterocycles. The third kappa shape index (κ3) is 2.47. The Kier molecular flexibility index (Phi) is 3.46. The Labute approximate surface area is 117 Å². The Morgan fingerprint density at radius 1 is 1.47 bits per heavy atom. The van der Waals surface area contributed by atoms with Crippen LogP contribution in [0.25, 0.3) is 0 Å². The Hall–Kier alpha value is -1.13. The van der Waals surface area contributed by atoms with Crippen LogP contribution < -0.4 is 0 Å². The lowest BCUT2D eigenvalue weighted by atomic mass is 10.1. The van der Waals surface area contributed by atoms with Crippen LogP contribution in [0.5, 0.6) is 0 Å². The van der Waals surface area contributed by atoms with E-state index in [9.17, 15) is 4.79 Å². The summed E-state index contributed by atoms with van der Waals surface area (Å²) in [7, 11) is 0. The number of hydrogen-bond acceptors (Lipinski definition) is 3. The van der Waals surface area contributed by atoms with Crippen molar-refractivity contribution in [2.45, 2.75) is 38.3 Å². The Balaban J connectivity index is 1.86. The highest BCUT2D eigenvalue weighted by atomic mass is 35.5. The van der Waals surface area contributed by atoms with E-state index in [1.807, 2.05) is 11.8 Å². The number of hydrogen-bond donors (Lipinski definition) is 0. The molecule has 0 radical (unpaired) electrons. The first-order chi connectivity index (χ1) is 9.15. The van der Waals surface area contributed by atoms with Gasteiger partial charge >= 0.3 is 0 Å². The minimum Gasteiger partial charge on any atom is -0.374 e. The number of ether oxygens (including phenoxy) is 1. The maximum Gasteiger partial charge on any atom is 0.254 e. The first-order valence-corrected chi connectivity index (χ1v) is 7.10. The summed E-state index contributed by atoms with van der Waals surface area (Å²) in [5.41, 5.74) is 1.40. The van der Waals surface area contributed by atoms with Crippen molar-refractivity contribution in [1.82, 2.24) is 9.88 Å². The molecule has 0 aromatic carbocycles. The molecule has 0 spiro atoms. The predicted octanol–water partition coefficient (Wildman–Crippen LogP) is 2.44. The van der Waals surface area contributed by atoms with Gasteiger partial charge in [0.2, 0.25) is 0 Å². The van der Waals surface area contributed by atoms with E-state index in [0.29, 0.717) is 23.9 Å². The summed E-state index contributed by atoms with van der Waals surface area (Å²) in [6, 6.07) is 3.68. The van der Waals surface area contributed by atoms with Gasteiger partial charge in [0.15, 0.2) is 0 Å². The number of aromatic nitrogens is 1. The van der Waals surface area contributed by atoms with E-state index < -0.39 is 0 Å². The number of fused-ring (bicyclic) bond motifs is 1. The fourth-order valence-corrected chi connectivity index (χ4v) is 3.35. The second-order valence-electron chi connectivity index (χ2n) is 5.23. The van der Waals surface area contributed by atoms with Crippen molar-refractivity contribution in [1.29, 1.82) is 0 Å². The van der Waals surface area contributed by atoms with Gasteiger partial charge in [-0.05, 0) is 38.3 Å². The van der Waals surface area contributed by atoms with Gasteiger partial charge in [0.25, 0.3) is 5.91 Å². The third-order valence-electron chi connectivity index (χ3n) is 3.91. The Morgan fingerprint density at radius 3 is 3.11 bits per heavy atom. The van der Waals surface area contributed by atoms with Crippen LogP contribution in [0.15, 0.2) is 12.1 Å². The molecule has 1 saturated carbocycles. The zero-order chi connectivity index (χ0) is 13.4. The van der Waals surface area contributed by atoms with Gasteiger partial charge in [0.05, 0.1) is 18.8 Å². The first kappa shape index (κ1) is 12.9. The highest BCUT2D eigenvalue weighted by Crippen LogP contribution is 2.30.